The van der Waals surface area contributed by atoms with Crippen LogP contribution in [0, 0.1) is 0 Å². The van der Waals surface area contributed by atoms with E-state index in [1.54, 1.807) is 31.4 Å². The fraction of sp³-hybridized carbons (Fsp3) is 0.294. The highest BCUT2D eigenvalue weighted by molar-refractivity contribution is 7.92. The summed E-state index contributed by atoms with van der Waals surface area (Å²) in [6.45, 7) is -0.415. The number of ether oxygens (including phenoxy) is 1. The molecule has 0 amide bonds. The van der Waals surface area contributed by atoms with Gasteiger partial charge in [-0.3, -0.25) is 0 Å². The second-order valence-corrected chi connectivity index (χ2v) is 8.45. The van der Waals surface area contributed by atoms with E-state index in [-0.39, 0.29) is 4.90 Å². The number of aliphatic hydroxyl groups is 1. The second-order valence-electron chi connectivity index (χ2n) is 5.94. The number of aliphatic hydroxyl groups excluding tert-OH is 1. The Balaban J connectivity index is 1.98. The van der Waals surface area contributed by atoms with E-state index < -0.39 is 33.2 Å². The number of sulfone groups is 1. The number of methoxy groups -OCH3 is 1. The summed E-state index contributed by atoms with van der Waals surface area (Å²) in [5, 5.41) is 9.26. The predicted molar refractivity (Wildman–Crippen MR) is 92.2 cm³/mol. The van der Waals surface area contributed by atoms with Gasteiger partial charge < -0.3 is 15.6 Å². The lowest BCUT2D eigenvalue weighted by Crippen LogP contribution is -2.35. The number of hydrogen-bond donors (Lipinski definition) is 2. The van der Waals surface area contributed by atoms with E-state index in [1.165, 1.54) is 24.3 Å². The molecule has 1 saturated carbocycles. The van der Waals surface area contributed by atoms with Gasteiger partial charge in [-0.05, 0) is 42.0 Å². The van der Waals surface area contributed by atoms with Crippen LogP contribution in [0.3, 0.4) is 0 Å². The first-order chi connectivity index (χ1) is 11.3. The summed E-state index contributed by atoms with van der Waals surface area (Å²) >= 11 is 5.82. The van der Waals surface area contributed by atoms with E-state index in [1.807, 2.05) is 0 Å². The molecule has 1 aliphatic carbocycles. The van der Waals surface area contributed by atoms with Crippen molar-refractivity contribution in [1.82, 2.24) is 0 Å². The standard InChI is InChI=1S/C17H18ClNO4S/c1-23-13-6-2-11(3-7-13)15-16(17(15,19)10-20)24(21,22)14-8-4-12(18)5-9-14/h2-9,15-16,20H,10,19H2,1H3/t15-,16+,17-/m1/s1. The van der Waals surface area contributed by atoms with E-state index in [9.17, 15) is 13.5 Å². The zero-order valence-electron chi connectivity index (χ0n) is 13.0. The number of benzene rings is 2. The molecule has 0 saturated heterocycles. The van der Waals surface area contributed by atoms with Gasteiger partial charge in [-0.15, -0.1) is 0 Å². The molecule has 7 heteroatoms. The van der Waals surface area contributed by atoms with Crippen LogP contribution >= 0.6 is 11.6 Å². The average Bonchev–Trinajstić information content (AvgIpc) is 3.23. The van der Waals surface area contributed by atoms with Crippen LogP contribution in [0.15, 0.2) is 53.4 Å². The van der Waals surface area contributed by atoms with E-state index >= 15 is 0 Å². The highest BCUT2D eigenvalue weighted by Gasteiger charge is 2.69. The second kappa shape index (κ2) is 6.04. The molecule has 0 heterocycles. The lowest BCUT2D eigenvalue weighted by molar-refractivity contribution is 0.253. The third-order valence-electron chi connectivity index (χ3n) is 4.53. The van der Waals surface area contributed by atoms with Crippen LogP contribution in [0.2, 0.25) is 5.02 Å². The summed E-state index contributed by atoms with van der Waals surface area (Å²) in [4.78, 5) is 0.149. The first-order valence-electron chi connectivity index (χ1n) is 7.38. The van der Waals surface area contributed by atoms with E-state index in [0.717, 1.165) is 5.56 Å². The molecule has 0 bridgehead atoms. The van der Waals surface area contributed by atoms with Gasteiger partial charge in [0.05, 0.1) is 29.4 Å². The Bertz CT molecular complexity index is 836. The summed E-state index contributed by atoms with van der Waals surface area (Å²) in [7, 11) is -2.13. The van der Waals surface area contributed by atoms with Gasteiger partial charge in [0.1, 0.15) is 5.75 Å². The SMILES string of the molecule is COc1ccc([C@@H]2[C@H](S(=O)(=O)c3ccc(Cl)cc3)[C@@]2(N)CO)cc1. The molecule has 5 nitrogen and oxygen atoms in total. The van der Waals surface area contributed by atoms with Gasteiger partial charge in [0.15, 0.2) is 9.84 Å². The molecule has 3 rings (SSSR count). The van der Waals surface area contributed by atoms with Crippen molar-refractivity contribution in [3.63, 3.8) is 0 Å². The van der Waals surface area contributed by atoms with Crippen molar-refractivity contribution in [3.05, 3.63) is 59.1 Å². The summed E-state index contributed by atoms with van der Waals surface area (Å²) in [6, 6.07) is 13.0. The molecule has 0 aromatic heterocycles. The average molecular weight is 368 g/mol. The Morgan fingerprint density at radius 1 is 1.17 bits per heavy atom. The molecule has 3 N–H and O–H groups in total. The summed E-state index contributed by atoms with van der Waals surface area (Å²) in [5.74, 6) is 0.192. The van der Waals surface area contributed by atoms with Crippen molar-refractivity contribution in [2.45, 2.75) is 21.6 Å². The van der Waals surface area contributed by atoms with Crippen LogP contribution < -0.4 is 10.5 Å². The minimum absolute atomic E-state index is 0.149. The lowest BCUT2D eigenvalue weighted by Gasteiger charge is -2.08. The Kier molecular flexibility index (Phi) is 4.34. The van der Waals surface area contributed by atoms with Crippen molar-refractivity contribution in [1.29, 1.82) is 0 Å². The Hall–Kier alpha value is -1.60. The monoisotopic (exact) mass is 367 g/mol. The molecule has 2 aromatic carbocycles. The maximum absolute atomic E-state index is 12.9. The van der Waals surface area contributed by atoms with Crippen LogP contribution in [-0.2, 0) is 9.84 Å². The van der Waals surface area contributed by atoms with E-state index in [0.29, 0.717) is 10.8 Å². The molecule has 2 aromatic rings. The summed E-state index contributed by atoms with van der Waals surface area (Å²) < 4.78 is 31.0. The normalized spacial score (nSPS) is 26.2. The molecular weight excluding hydrogens is 350 g/mol. The van der Waals surface area contributed by atoms with Gasteiger partial charge >= 0.3 is 0 Å². The smallest absolute Gasteiger partial charge is 0.183 e. The molecule has 1 aliphatic rings. The van der Waals surface area contributed by atoms with Crippen LogP contribution in [0.5, 0.6) is 5.75 Å². The maximum atomic E-state index is 12.9. The zero-order valence-corrected chi connectivity index (χ0v) is 14.6. The highest BCUT2D eigenvalue weighted by atomic mass is 35.5. The largest absolute Gasteiger partial charge is 0.497 e. The molecule has 0 unspecified atom stereocenters. The van der Waals surface area contributed by atoms with Gasteiger partial charge in [0, 0.05) is 10.9 Å². The third-order valence-corrected chi connectivity index (χ3v) is 7.09. The van der Waals surface area contributed by atoms with Gasteiger partial charge in [0.25, 0.3) is 0 Å². The molecule has 3 atom stereocenters. The first-order valence-corrected chi connectivity index (χ1v) is 9.30. The minimum atomic E-state index is -3.69. The van der Waals surface area contributed by atoms with Gasteiger partial charge in [-0.2, -0.15) is 0 Å². The Labute approximate surface area is 145 Å². The van der Waals surface area contributed by atoms with Crippen molar-refractivity contribution >= 4 is 21.4 Å². The van der Waals surface area contributed by atoms with E-state index in [2.05, 4.69) is 0 Å². The maximum Gasteiger partial charge on any atom is 0.183 e. The minimum Gasteiger partial charge on any atom is -0.497 e. The number of hydrogen-bond acceptors (Lipinski definition) is 5. The number of halogens is 1. The van der Waals surface area contributed by atoms with Gasteiger partial charge in [0.2, 0.25) is 0 Å². The molecule has 128 valence electrons. The van der Waals surface area contributed by atoms with Crippen LogP contribution in [0.4, 0.5) is 0 Å². The first kappa shape index (κ1) is 17.2. The zero-order chi connectivity index (χ0) is 17.5. The molecule has 0 aliphatic heterocycles. The quantitative estimate of drug-likeness (QED) is 0.843. The molecule has 24 heavy (non-hydrogen) atoms. The van der Waals surface area contributed by atoms with E-state index in [4.69, 9.17) is 22.1 Å². The Morgan fingerprint density at radius 2 is 1.75 bits per heavy atom. The lowest BCUT2D eigenvalue weighted by atomic mass is 10.1. The molecular formula is C17H18ClNO4S. The van der Waals surface area contributed by atoms with Crippen LogP contribution in [0.25, 0.3) is 0 Å². The third kappa shape index (κ3) is 2.69. The molecule has 1 fully saturated rings. The fourth-order valence-electron chi connectivity index (χ4n) is 3.15. The van der Waals surface area contributed by atoms with Gasteiger partial charge in [-0.1, -0.05) is 23.7 Å². The Morgan fingerprint density at radius 3 is 2.25 bits per heavy atom. The van der Waals surface area contributed by atoms with Crippen molar-refractivity contribution in [3.8, 4) is 5.75 Å². The predicted octanol–water partition coefficient (Wildman–Crippen LogP) is 1.98. The summed E-state index contributed by atoms with van der Waals surface area (Å²) in [5.41, 5.74) is 5.76. The van der Waals surface area contributed by atoms with Crippen LogP contribution in [-0.4, -0.2) is 38.0 Å². The molecule has 0 spiro atoms. The van der Waals surface area contributed by atoms with Crippen molar-refractivity contribution in [2.24, 2.45) is 5.73 Å². The van der Waals surface area contributed by atoms with Crippen molar-refractivity contribution in [2.75, 3.05) is 13.7 Å². The van der Waals surface area contributed by atoms with Gasteiger partial charge in [-0.25, -0.2) is 8.42 Å². The van der Waals surface area contributed by atoms with Crippen molar-refractivity contribution < 1.29 is 18.3 Å². The fourth-order valence-corrected chi connectivity index (χ4v) is 5.57. The highest BCUT2D eigenvalue weighted by Crippen LogP contribution is 2.55. The topological polar surface area (TPSA) is 89.6 Å². The molecule has 0 radical (unpaired) electrons. The number of nitrogens with two attached hydrogens (primary N) is 1. The summed E-state index contributed by atoms with van der Waals surface area (Å²) in [6.07, 6.45) is 0. The van der Waals surface area contributed by atoms with Crippen LogP contribution in [0.1, 0.15) is 11.5 Å². The number of rotatable bonds is 5.